The first-order chi connectivity index (χ1) is 35.8. The summed E-state index contributed by atoms with van der Waals surface area (Å²) in [6.07, 6.45) is 0. The van der Waals surface area contributed by atoms with Crippen molar-refractivity contribution in [3.05, 3.63) is 229 Å². The number of nitrogens with zero attached hydrogens (tertiary/aromatic N) is 4. The zero-order valence-corrected chi connectivity index (χ0v) is 40.5. The normalized spacial score (nSPS) is 13.0. The highest BCUT2D eigenvalue weighted by Gasteiger charge is 2.39. The highest BCUT2D eigenvalue weighted by molar-refractivity contribution is 6.28. The predicted molar refractivity (Wildman–Crippen MR) is 301 cm³/mol. The highest BCUT2D eigenvalue weighted by atomic mass is 35.5. The molecule has 4 heterocycles. The first-order valence-electron chi connectivity index (χ1n) is 24.7. The Labute approximate surface area is 424 Å². The second-order valence-corrected chi connectivity index (χ2v) is 20.1. The van der Waals surface area contributed by atoms with Gasteiger partial charge in [0.25, 0.3) is 0 Å². The van der Waals surface area contributed by atoms with E-state index in [9.17, 15) is 0 Å². The minimum atomic E-state index is -0.294. The summed E-state index contributed by atoms with van der Waals surface area (Å²) in [5.74, 6) is 0.991. The number of hydrogen-bond acceptors (Lipinski definition) is 4. The van der Waals surface area contributed by atoms with Gasteiger partial charge < -0.3 is 14.0 Å². The molecule has 0 bridgehead atoms. The summed E-state index contributed by atoms with van der Waals surface area (Å²) in [5, 5.41) is 7.16. The number of hydrogen-bond donors (Lipinski definition) is 1. The first-order valence-corrected chi connectivity index (χ1v) is 25.1. The molecule has 1 N–H and O–H groups in total. The van der Waals surface area contributed by atoms with Crippen LogP contribution in [-0.4, -0.2) is 24.5 Å². The van der Waals surface area contributed by atoms with E-state index in [4.69, 9.17) is 21.0 Å². The molecule has 1 aliphatic carbocycles. The van der Waals surface area contributed by atoms with Crippen LogP contribution < -0.4 is 0 Å². The Hall–Kier alpha value is -9.10. The number of rotatable bonds is 6. The lowest BCUT2D eigenvalue weighted by Gasteiger charge is -2.24. The van der Waals surface area contributed by atoms with E-state index in [0.29, 0.717) is 11.6 Å². The van der Waals surface area contributed by atoms with Crippen molar-refractivity contribution >= 4 is 77.2 Å². The van der Waals surface area contributed by atoms with Gasteiger partial charge in [-0.2, -0.15) is 9.97 Å². The molecule has 4 aromatic heterocycles. The van der Waals surface area contributed by atoms with Gasteiger partial charge in [0, 0.05) is 65.6 Å². The lowest BCUT2D eigenvalue weighted by atomic mass is 9.78. The van der Waals surface area contributed by atoms with Crippen LogP contribution in [0.2, 0.25) is 5.28 Å². The Bertz CT molecular complexity index is 4580. The standard InChI is InChI=1S/C66H42ClN5O/c1-66(2)54-26-13-21-44(38-14-9-16-40(34-38)46-23-12-24-51-53-37-43(31-33-55(53)68-62(46)51)72-56-27-6-3-18-47(56)48-19-4-7-28-57(48)72)60(54)52-25-11-22-45(61(52)66)39-15-10-17-41(35-39)63-69-64(71-65(67)70-63)42-30-32-50-49-20-5-8-29-58(49)73-59(50)36-42/h3-37,68H,1-2H3. The molecule has 0 saturated carbocycles. The van der Waals surface area contributed by atoms with E-state index in [2.05, 4.69) is 209 Å². The molecule has 15 rings (SSSR count). The highest BCUT2D eigenvalue weighted by Crippen LogP contribution is 2.55. The molecule has 0 radical (unpaired) electrons. The fraction of sp³-hybridized carbons (Fsp3) is 0.0455. The van der Waals surface area contributed by atoms with Crippen LogP contribution in [0.5, 0.6) is 0 Å². The van der Waals surface area contributed by atoms with E-state index in [1.165, 1.54) is 77.1 Å². The zero-order valence-electron chi connectivity index (χ0n) is 39.8. The van der Waals surface area contributed by atoms with Crippen LogP contribution in [-0.2, 0) is 5.41 Å². The Balaban J connectivity index is 0.797. The molecule has 1 aliphatic rings. The fourth-order valence-electron chi connectivity index (χ4n) is 12.1. The molecule has 10 aromatic carbocycles. The van der Waals surface area contributed by atoms with Gasteiger partial charge in [-0.1, -0.05) is 166 Å². The molecular formula is C66H42ClN5O. The Morgan fingerprint density at radius 3 is 1.81 bits per heavy atom. The van der Waals surface area contributed by atoms with Crippen molar-refractivity contribution in [1.82, 2.24) is 24.5 Å². The van der Waals surface area contributed by atoms with Crippen molar-refractivity contribution in [3.8, 4) is 73.0 Å². The van der Waals surface area contributed by atoms with Gasteiger partial charge in [-0.15, -0.1) is 0 Å². The van der Waals surface area contributed by atoms with Crippen LogP contribution in [0, 0.1) is 0 Å². The van der Waals surface area contributed by atoms with Crippen molar-refractivity contribution in [2.24, 2.45) is 0 Å². The van der Waals surface area contributed by atoms with Gasteiger partial charge in [0.1, 0.15) is 11.2 Å². The molecule has 0 spiro atoms. The van der Waals surface area contributed by atoms with E-state index in [1.807, 2.05) is 36.4 Å². The number of nitrogens with one attached hydrogen (secondary N) is 1. The maximum absolute atomic E-state index is 6.67. The number of furan rings is 1. The Kier molecular flexibility index (Phi) is 8.96. The number of aromatic amines is 1. The van der Waals surface area contributed by atoms with Crippen LogP contribution in [0.25, 0.3) is 139 Å². The molecule has 73 heavy (non-hydrogen) atoms. The molecule has 0 atom stereocenters. The Morgan fingerprint density at radius 1 is 0.438 bits per heavy atom. The van der Waals surface area contributed by atoms with Crippen molar-refractivity contribution in [1.29, 1.82) is 0 Å². The maximum Gasteiger partial charge on any atom is 0.226 e. The maximum atomic E-state index is 6.67. The van der Waals surface area contributed by atoms with Gasteiger partial charge in [-0.25, -0.2) is 4.98 Å². The van der Waals surface area contributed by atoms with Crippen LogP contribution in [0.1, 0.15) is 25.0 Å². The number of aromatic nitrogens is 5. The smallest absolute Gasteiger partial charge is 0.226 e. The molecule has 0 unspecified atom stereocenters. The van der Waals surface area contributed by atoms with Gasteiger partial charge in [0.05, 0.1) is 16.6 Å². The minimum Gasteiger partial charge on any atom is -0.456 e. The lowest BCUT2D eigenvalue weighted by Crippen LogP contribution is -2.16. The third kappa shape index (κ3) is 6.33. The van der Waals surface area contributed by atoms with Crippen LogP contribution in [0.4, 0.5) is 0 Å². The third-order valence-electron chi connectivity index (χ3n) is 15.3. The summed E-state index contributed by atoms with van der Waals surface area (Å²) in [6, 6.07) is 76.0. The van der Waals surface area contributed by atoms with E-state index >= 15 is 0 Å². The monoisotopic (exact) mass is 955 g/mol. The second kappa shape index (κ2) is 15.7. The van der Waals surface area contributed by atoms with Crippen LogP contribution >= 0.6 is 11.6 Å². The van der Waals surface area contributed by atoms with E-state index in [-0.39, 0.29) is 10.7 Å². The van der Waals surface area contributed by atoms with Gasteiger partial charge in [0.15, 0.2) is 11.6 Å². The molecule has 0 fully saturated rings. The van der Waals surface area contributed by atoms with Gasteiger partial charge in [-0.05, 0) is 122 Å². The quantitative estimate of drug-likeness (QED) is 0.180. The summed E-state index contributed by atoms with van der Waals surface area (Å²) >= 11 is 6.67. The molecule has 6 nitrogen and oxygen atoms in total. The van der Waals surface area contributed by atoms with Crippen molar-refractivity contribution in [2.45, 2.75) is 19.3 Å². The number of H-pyrrole nitrogens is 1. The first kappa shape index (κ1) is 41.7. The van der Waals surface area contributed by atoms with Crippen molar-refractivity contribution < 1.29 is 4.42 Å². The molecule has 7 heteroatoms. The summed E-state index contributed by atoms with van der Waals surface area (Å²) in [4.78, 5) is 18.0. The average molecular weight is 957 g/mol. The molecular weight excluding hydrogens is 914 g/mol. The Morgan fingerprint density at radius 2 is 1.01 bits per heavy atom. The number of benzene rings is 10. The fourth-order valence-corrected chi connectivity index (χ4v) is 12.2. The van der Waals surface area contributed by atoms with Gasteiger partial charge in [-0.3, -0.25) is 0 Å². The largest absolute Gasteiger partial charge is 0.456 e. The van der Waals surface area contributed by atoms with Crippen molar-refractivity contribution in [2.75, 3.05) is 0 Å². The number of para-hydroxylation sites is 4. The van der Waals surface area contributed by atoms with E-state index < -0.39 is 0 Å². The van der Waals surface area contributed by atoms with Crippen LogP contribution in [0.3, 0.4) is 0 Å². The second-order valence-electron chi connectivity index (χ2n) is 19.8. The number of halogens is 1. The average Bonchev–Trinajstić information content (AvgIpc) is 4.17. The van der Waals surface area contributed by atoms with Crippen LogP contribution in [0.15, 0.2) is 217 Å². The topological polar surface area (TPSA) is 72.5 Å². The van der Waals surface area contributed by atoms with Gasteiger partial charge in [0.2, 0.25) is 5.28 Å². The van der Waals surface area contributed by atoms with Gasteiger partial charge >= 0.3 is 0 Å². The lowest BCUT2D eigenvalue weighted by molar-refractivity contribution is 0.662. The molecule has 0 aliphatic heterocycles. The summed E-state index contributed by atoms with van der Waals surface area (Å²) in [7, 11) is 0. The molecule has 344 valence electrons. The molecule has 0 amide bonds. The predicted octanol–water partition coefficient (Wildman–Crippen LogP) is 17.8. The summed E-state index contributed by atoms with van der Waals surface area (Å²) in [5.41, 5.74) is 20.8. The molecule has 14 aromatic rings. The van der Waals surface area contributed by atoms with E-state index in [1.54, 1.807) is 0 Å². The summed E-state index contributed by atoms with van der Waals surface area (Å²) in [6.45, 7) is 4.71. The SMILES string of the molecule is CC1(C)c2cccc(-c3cccc(-c4cccc5c4[nH]c4ccc(-n6c7ccccc7c7ccccc76)cc45)c3)c2-c2cccc(-c3cccc(-c4nc(Cl)nc(-c5ccc6c(c5)oc5ccccc56)n4)c3)c21. The number of fused-ring (bicyclic) bond motifs is 12. The van der Waals surface area contributed by atoms with E-state index in [0.717, 1.165) is 60.9 Å². The molecule has 0 saturated heterocycles. The third-order valence-corrected chi connectivity index (χ3v) is 15.5. The summed E-state index contributed by atoms with van der Waals surface area (Å²) < 4.78 is 8.60. The minimum absolute atomic E-state index is 0.131. The van der Waals surface area contributed by atoms with Crippen molar-refractivity contribution in [3.63, 3.8) is 0 Å². The zero-order chi connectivity index (χ0) is 48.5.